The van der Waals surface area contributed by atoms with E-state index in [-0.39, 0.29) is 0 Å². The summed E-state index contributed by atoms with van der Waals surface area (Å²) in [7, 11) is 1.14. The van der Waals surface area contributed by atoms with Crippen molar-refractivity contribution in [3.05, 3.63) is 0 Å². The van der Waals surface area contributed by atoms with E-state index in [1.165, 1.54) is 12.6 Å². The van der Waals surface area contributed by atoms with Gasteiger partial charge in [0.1, 0.15) is 0 Å². The van der Waals surface area contributed by atoms with Crippen LogP contribution in [0.1, 0.15) is 34.6 Å². The summed E-state index contributed by atoms with van der Waals surface area (Å²) < 4.78 is 7.86. The molecule has 6 heteroatoms. The van der Waals surface area contributed by atoms with Gasteiger partial charge in [0, 0.05) is 0 Å². The van der Waals surface area contributed by atoms with Crippen molar-refractivity contribution < 1.29 is 0 Å². The van der Waals surface area contributed by atoms with Gasteiger partial charge in [0.05, 0.1) is 0 Å². The maximum atomic E-state index is 2.66. The molecule has 0 amide bonds. The molecule has 1 saturated heterocycles. The van der Waals surface area contributed by atoms with E-state index in [1.54, 1.807) is 0 Å². The van der Waals surface area contributed by atoms with Gasteiger partial charge in [0.2, 0.25) is 0 Å². The minimum atomic E-state index is 0.641. The summed E-state index contributed by atoms with van der Waals surface area (Å²) in [5.74, 6) is 0. The van der Waals surface area contributed by atoms with Crippen LogP contribution in [0.4, 0.5) is 0 Å². The smallest absolute Gasteiger partial charge is 0.289 e. The third-order valence-electron chi connectivity index (χ3n) is 3.88. The van der Waals surface area contributed by atoms with E-state index in [1.807, 2.05) is 0 Å². The molecule has 1 fully saturated rings. The normalized spacial score (nSPS) is 20.3. The van der Waals surface area contributed by atoms with Crippen molar-refractivity contribution in [2.45, 2.75) is 47.3 Å². The van der Waals surface area contributed by atoms with Crippen LogP contribution in [0.2, 0.25) is 12.6 Å². The Labute approximate surface area is 103 Å². The SMILES string of the molecule is CCB1N(CC)BN(CC)B(CC)N1CC. The minimum Gasteiger partial charge on any atom is -0.360 e. The zero-order chi connectivity index (χ0) is 12.1. The Morgan fingerprint density at radius 2 is 1.19 bits per heavy atom. The Morgan fingerprint density at radius 1 is 0.750 bits per heavy atom. The zero-order valence-electron chi connectivity index (χ0n) is 11.7. The highest BCUT2D eigenvalue weighted by Gasteiger charge is 2.42. The fourth-order valence-corrected chi connectivity index (χ4v) is 3.07. The third kappa shape index (κ3) is 2.66. The first kappa shape index (κ1) is 14.1. The van der Waals surface area contributed by atoms with E-state index in [2.05, 4.69) is 48.8 Å². The summed E-state index contributed by atoms with van der Waals surface area (Å²) in [5.41, 5.74) is 0. The summed E-state index contributed by atoms with van der Waals surface area (Å²) in [6.07, 6.45) is 2.46. The van der Waals surface area contributed by atoms with Crippen LogP contribution in [0.15, 0.2) is 0 Å². The van der Waals surface area contributed by atoms with Crippen molar-refractivity contribution in [2.75, 3.05) is 19.6 Å². The Balaban J connectivity index is 2.85. The molecule has 1 rings (SSSR count). The molecule has 0 aromatic heterocycles. The second kappa shape index (κ2) is 6.72. The molecule has 90 valence electrons. The summed E-state index contributed by atoms with van der Waals surface area (Å²) >= 11 is 0. The quantitative estimate of drug-likeness (QED) is 0.646. The van der Waals surface area contributed by atoms with Crippen LogP contribution in [0.25, 0.3) is 0 Å². The van der Waals surface area contributed by atoms with Gasteiger partial charge in [-0.3, -0.25) is 0 Å². The maximum Gasteiger partial charge on any atom is 0.289 e. The predicted molar refractivity (Wildman–Crippen MR) is 76.8 cm³/mol. The lowest BCUT2D eigenvalue weighted by Crippen LogP contribution is -2.72. The van der Waals surface area contributed by atoms with Gasteiger partial charge in [0.15, 0.2) is 0 Å². The first-order valence-electron chi connectivity index (χ1n) is 6.97. The summed E-state index contributed by atoms with van der Waals surface area (Å²) in [6, 6.07) is 0. The lowest BCUT2D eigenvalue weighted by atomic mass is 9.47. The Hall–Kier alpha value is 0.0748. The van der Waals surface area contributed by atoms with E-state index < -0.39 is 0 Å². The highest BCUT2D eigenvalue weighted by Crippen LogP contribution is 2.18. The average Bonchev–Trinajstić information content (AvgIpc) is 2.35. The topological polar surface area (TPSA) is 9.72 Å². The summed E-state index contributed by atoms with van der Waals surface area (Å²) in [6.45, 7) is 16.2. The third-order valence-corrected chi connectivity index (χ3v) is 3.88. The average molecular weight is 221 g/mol. The standard InChI is InChI=1S/C10H26B3N3/c1-6-12-14(8-3)11-15(9-4)13(7-2)16(12)10-5/h11H,6-10H2,1-5H3. The molecule has 0 atom stereocenters. The van der Waals surface area contributed by atoms with Crippen LogP contribution >= 0.6 is 0 Å². The fraction of sp³-hybridized carbons (Fsp3) is 1.00. The second-order valence-corrected chi connectivity index (χ2v) is 4.56. The highest BCUT2D eigenvalue weighted by atomic mass is 15.3. The molecule has 0 saturated carbocycles. The van der Waals surface area contributed by atoms with Crippen LogP contribution in [-0.2, 0) is 0 Å². The molecule has 1 aliphatic rings. The summed E-state index contributed by atoms with van der Waals surface area (Å²) in [4.78, 5) is 0. The van der Waals surface area contributed by atoms with E-state index in [0.29, 0.717) is 14.0 Å². The molecule has 0 bridgehead atoms. The van der Waals surface area contributed by atoms with Gasteiger partial charge in [-0.15, -0.1) is 0 Å². The summed E-state index contributed by atoms with van der Waals surface area (Å²) in [5, 5.41) is 0. The molecule has 16 heavy (non-hydrogen) atoms. The maximum absolute atomic E-state index is 2.66. The Bertz CT molecular complexity index is 188. The molecule has 0 spiro atoms. The zero-order valence-corrected chi connectivity index (χ0v) is 11.7. The van der Waals surface area contributed by atoms with Gasteiger partial charge < -0.3 is 14.2 Å². The van der Waals surface area contributed by atoms with Gasteiger partial charge >= 0.3 is 0 Å². The largest absolute Gasteiger partial charge is 0.360 e. The first-order chi connectivity index (χ1) is 7.73. The van der Waals surface area contributed by atoms with Crippen molar-refractivity contribution in [1.29, 1.82) is 0 Å². The second-order valence-electron chi connectivity index (χ2n) is 4.56. The molecule has 0 unspecified atom stereocenters. The lowest BCUT2D eigenvalue weighted by Gasteiger charge is -2.49. The van der Waals surface area contributed by atoms with Gasteiger partial charge in [-0.25, -0.2) is 0 Å². The van der Waals surface area contributed by atoms with Crippen molar-refractivity contribution in [1.82, 2.24) is 14.2 Å². The lowest BCUT2D eigenvalue weighted by molar-refractivity contribution is 0.466. The number of nitrogens with zero attached hydrogens (tertiary/aromatic N) is 3. The van der Waals surface area contributed by atoms with E-state index >= 15 is 0 Å². The molecule has 0 N–H and O–H groups in total. The first-order valence-corrected chi connectivity index (χ1v) is 6.97. The molecule has 1 heterocycles. The van der Waals surface area contributed by atoms with Gasteiger partial charge in [-0.05, 0) is 32.3 Å². The fourth-order valence-electron chi connectivity index (χ4n) is 3.07. The van der Waals surface area contributed by atoms with E-state index in [4.69, 9.17) is 0 Å². The van der Waals surface area contributed by atoms with Gasteiger partial charge in [-0.1, -0.05) is 34.6 Å². The molecular weight excluding hydrogens is 195 g/mol. The van der Waals surface area contributed by atoms with Gasteiger partial charge in [-0.2, -0.15) is 0 Å². The Morgan fingerprint density at radius 3 is 1.44 bits per heavy atom. The van der Waals surface area contributed by atoms with Crippen molar-refractivity contribution in [3.63, 3.8) is 0 Å². The van der Waals surface area contributed by atoms with Crippen LogP contribution in [0.5, 0.6) is 0 Å². The van der Waals surface area contributed by atoms with Crippen molar-refractivity contribution >= 4 is 21.5 Å². The molecule has 0 aliphatic carbocycles. The number of hydrogen-bond acceptors (Lipinski definition) is 3. The number of hydrogen-bond donors (Lipinski definition) is 0. The minimum absolute atomic E-state index is 0.641. The van der Waals surface area contributed by atoms with Crippen LogP contribution in [-0.4, -0.2) is 55.3 Å². The predicted octanol–water partition coefficient (Wildman–Crippen LogP) is 1.25. The molecule has 0 aromatic rings. The van der Waals surface area contributed by atoms with Gasteiger partial charge in [0.25, 0.3) is 21.5 Å². The Kier molecular flexibility index (Phi) is 5.94. The number of rotatable bonds is 5. The highest BCUT2D eigenvalue weighted by molar-refractivity contribution is 6.80. The molecule has 3 nitrogen and oxygen atoms in total. The molecular formula is C10H26B3N3. The van der Waals surface area contributed by atoms with Crippen molar-refractivity contribution in [3.8, 4) is 0 Å². The molecule has 1 aliphatic heterocycles. The van der Waals surface area contributed by atoms with E-state index in [0.717, 1.165) is 27.2 Å². The van der Waals surface area contributed by atoms with Crippen LogP contribution < -0.4 is 0 Å². The molecule has 0 aromatic carbocycles. The van der Waals surface area contributed by atoms with Crippen LogP contribution in [0.3, 0.4) is 0 Å². The van der Waals surface area contributed by atoms with E-state index in [9.17, 15) is 0 Å². The monoisotopic (exact) mass is 221 g/mol. The van der Waals surface area contributed by atoms with Crippen molar-refractivity contribution in [2.24, 2.45) is 0 Å². The molecule has 0 radical (unpaired) electrons. The van der Waals surface area contributed by atoms with Crippen LogP contribution in [0, 0.1) is 0 Å².